The van der Waals surface area contributed by atoms with Gasteiger partial charge in [-0.3, -0.25) is 9.59 Å². The third-order valence-corrected chi connectivity index (χ3v) is 5.94. The van der Waals surface area contributed by atoms with E-state index in [0.29, 0.717) is 36.6 Å². The molecule has 0 aromatic heterocycles. The molecule has 3 aromatic carbocycles. The molecule has 3 aromatic rings. The number of amides is 2. The molecule has 0 heterocycles. The lowest BCUT2D eigenvalue weighted by Gasteiger charge is -2.19. The summed E-state index contributed by atoms with van der Waals surface area (Å²) in [4.78, 5) is 38.6. The van der Waals surface area contributed by atoms with Crippen LogP contribution in [-0.4, -0.2) is 35.0 Å². The van der Waals surface area contributed by atoms with Crippen LogP contribution in [0.15, 0.2) is 83.9 Å². The number of carboxylic acid groups (broad SMARTS) is 1. The summed E-state index contributed by atoms with van der Waals surface area (Å²) in [6, 6.07) is 23.5. The van der Waals surface area contributed by atoms with Crippen LogP contribution in [0.2, 0.25) is 0 Å². The lowest BCUT2D eigenvalue weighted by Crippen LogP contribution is -2.40. The molecular weight excluding hydrogens is 579 g/mol. The molecule has 1 atom stereocenters. The highest BCUT2D eigenvalue weighted by Gasteiger charge is 2.38. The summed E-state index contributed by atoms with van der Waals surface area (Å²) in [6.45, 7) is 2.82. The SMILES string of the molecule is CCCCCC(=O)N[C@H](C(=O)NCc1ccc(N=C(N)N)cc1)c1ccc(OCc2ccccc2)cc1.O=C(O)C(F)(F)F. The predicted molar refractivity (Wildman–Crippen MR) is 160 cm³/mol. The molecule has 10 nitrogen and oxygen atoms in total. The Hall–Kier alpha value is -5.07. The molecule has 0 spiro atoms. The van der Waals surface area contributed by atoms with Gasteiger partial charge in [0.05, 0.1) is 5.69 Å². The molecule has 0 fully saturated rings. The molecule has 236 valence electrons. The second kappa shape index (κ2) is 17.8. The maximum Gasteiger partial charge on any atom is 0.490 e. The summed E-state index contributed by atoms with van der Waals surface area (Å²) < 4.78 is 37.6. The zero-order chi connectivity index (χ0) is 32.5. The fraction of sp³-hybridized carbons (Fsp3) is 0.290. The van der Waals surface area contributed by atoms with Crippen LogP contribution in [-0.2, 0) is 27.5 Å². The van der Waals surface area contributed by atoms with Gasteiger partial charge < -0.3 is 31.9 Å². The minimum absolute atomic E-state index is 0.0185. The Morgan fingerprint density at radius 2 is 1.52 bits per heavy atom. The van der Waals surface area contributed by atoms with Gasteiger partial charge in [-0.15, -0.1) is 0 Å². The van der Waals surface area contributed by atoms with Gasteiger partial charge in [-0.05, 0) is 47.4 Å². The molecule has 0 saturated heterocycles. The van der Waals surface area contributed by atoms with Crippen molar-refractivity contribution in [3.63, 3.8) is 0 Å². The van der Waals surface area contributed by atoms with Crippen molar-refractivity contribution in [3.05, 3.63) is 95.6 Å². The van der Waals surface area contributed by atoms with Crippen molar-refractivity contribution in [2.24, 2.45) is 16.5 Å². The topological polar surface area (TPSA) is 169 Å². The number of aliphatic imine (C=N–C) groups is 1. The number of rotatable bonds is 13. The largest absolute Gasteiger partial charge is 0.490 e. The molecule has 7 N–H and O–H groups in total. The van der Waals surface area contributed by atoms with Crippen LogP contribution in [0, 0.1) is 0 Å². The zero-order valence-corrected chi connectivity index (χ0v) is 24.1. The van der Waals surface area contributed by atoms with Crippen LogP contribution >= 0.6 is 0 Å². The number of nitrogens with two attached hydrogens (primary N) is 2. The zero-order valence-electron chi connectivity index (χ0n) is 24.1. The van der Waals surface area contributed by atoms with Gasteiger partial charge >= 0.3 is 12.1 Å². The number of carbonyl (C=O) groups is 3. The molecule has 13 heteroatoms. The number of hydrogen-bond donors (Lipinski definition) is 5. The van der Waals surface area contributed by atoms with Crippen molar-refractivity contribution < 1.29 is 37.4 Å². The number of benzene rings is 3. The van der Waals surface area contributed by atoms with Gasteiger partial charge in [-0.25, -0.2) is 9.79 Å². The highest BCUT2D eigenvalue weighted by molar-refractivity contribution is 5.88. The van der Waals surface area contributed by atoms with E-state index in [2.05, 4.69) is 22.5 Å². The highest BCUT2D eigenvalue weighted by atomic mass is 19.4. The molecule has 44 heavy (non-hydrogen) atoms. The van der Waals surface area contributed by atoms with Crippen molar-refractivity contribution in [3.8, 4) is 5.75 Å². The molecule has 0 unspecified atom stereocenters. The van der Waals surface area contributed by atoms with E-state index in [9.17, 15) is 22.8 Å². The van der Waals surface area contributed by atoms with E-state index in [1.807, 2.05) is 54.6 Å². The third kappa shape index (κ3) is 13.3. The Bertz CT molecular complexity index is 1360. The molecule has 2 amide bonds. The highest BCUT2D eigenvalue weighted by Crippen LogP contribution is 2.20. The van der Waals surface area contributed by atoms with Crippen LogP contribution in [0.25, 0.3) is 0 Å². The molecule has 0 aliphatic heterocycles. The van der Waals surface area contributed by atoms with Gasteiger partial charge in [0.15, 0.2) is 5.96 Å². The summed E-state index contributed by atoms with van der Waals surface area (Å²) in [5, 5.41) is 12.9. The fourth-order valence-electron chi connectivity index (χ4n) is 3.70. The van der Waals surface area contributed by atoms with Gasteiger partial charge in [-0.1, -0.05) is 74.4 Å². The lowest BCUT2D eigenvalue weighted by molar-refractivity contribution is -0.192. The Morgan fingerprint density at radius 1 is 0.909 bits per heavy atom. The van der Waals surface area contributed by atoms with Crippen molar-refractivity contribution in [1.82, 2.24) is 10.6 Å². The predicted octanol–water partition coefficient (Wildman–Crippen LogP) is 4.86. The van der Waals surface area contributed by atoms with E-state index in [0.717, 1.165) is 30.4 Å². The lowest BCUT2D eigenvalue weighted by atomic mass is 10.0. The summed E-state index contributed by atoms with van der Waals surface area (Å²) in [6.07, 6.45) is -1.94. The molecule has 0 saturated carbocycles. The number of guanidine groups is 1. The Labute approximate surface area is 253 Å². The Balaban J connectivity index is 0.000000860. The molecule has 0 aliphatic rings. The Kier molecular flexibility index (Phi) is 14.2. The van der Waals surface area contributed by atoms with Crippen molar-refractivity contribution >= 4 is 29.4 Å². The van der Waals surface area contributed by atoms with Gasteiger partial charge in [0, 0.05) is 13.0 Å². The maximum atomic E-state index is 13.2. The Morgan fingerprint density at radius 3 is 2.07 bits per heavy atom. The minimum Gasteiger partial charge on any atom is -0.489 e. The van der Waals surface area contributed by atoms with E-state index < -0.39 is 18.2 Å². The van der Waals surface area contributed by atoms with Crippen LogP contribution in [0.1, 0.15) is 55.3 Å². The molecule has 0 bridgehead atoms. The second-order valence-electron chi connectivity index (χ2n) is 9.52. The van der Waals surface area contributed by atoms with E-state index in [-0.39, 0.29) is 17.8 Å². The summed E-state index contributed by atoms with van der Waals surface area (Å²) in [7, 11) is 0. The van der Waals surface area contributed by atoms with Crippen molar-refractivity contribution in [1.29, 1.82) is 0 Å². The number of hydrogen-bond acceptors (Lipinski definition) is 5. The number of halogens is 3. The standard InChI is InChI=1S/C29H35N5O3.C2HF3O2/c1-2-3-5-10-26(35)34-27(28(36)32-19-21-11-15-24(16-12-21)33-29(30)31)23-13-17-25(18-14-23)37-20-22-8-6-4-7-9-22;3-2(4,5)1(6)7/h4,6-9,11-18,27H,2-3,5,10,19-20H2,1H3,(H,32,36)(H,34,35)(H4,30,31,33);(H,6,7)/t27-;/m0./s1. The minimum atomic E-state index is -5.08. The number of ether oxygens (including phenoxy) is 1. The molecule has 0 aliphatic carbocycles. The first-order valence-electron chi connectivity index (χ1n) is 13.7. The van der Waals surface area contributed by atoms with E-state index in [1.54, 1.807) is 24.3 Å². The summed E-state index contributed by atoms with van der Waals surface area (Å²) >= 11 is 0. The average molecular weight is 616 g/mol. The van der Waals surface area contributed by atoms with E-state index in [1.165, 1.54) is 0 Å². The monoisotopic (exact) mass is 615 g/mol. The summed E-state index contributed by atoms with van der Waals surface area (Å²) in [5.41, 5.74) is 14.1. The van der Waals surface area contributed by atoms with Crippen LogP contribution < -0.4 is 26.8 Å². The number of alkyl halides is 3. The van der Waals surface area contributed by atoms with Crippen LogP contribution in [0.4, 0.5) is 18.9 Å². The fourth-order valence-corrected chi connectivity index (χ4v) is 3.70. The average Bonchev–Trinajstić information content (AvgIpc) is 2.99. The van der Waals surface area contributed by atoms with Crippen molar-refractivity contribution in [2.75, 3.05) is 0 Å². The maximum absolute atomic E-state index is 13.2. The quantitative estimate of drug-likeness (QED) is 0.104. The summed E-state index contributed by atoms with van der Waals surface area (Å²) in [5.74, 6) is -2.54. The third-order valence-electron chi connectivity index (χ3n) is 5.94. The van der Waals surface area contributed by atoms with Gasteiger partial charge in [0.2, 0.25) is 11.8 Å². The molecule has 0 radical (unpaired) electrons. The second-order valence-corrected chi connectivity index (χ2v) is 9.52. The number of nitrogens with one attached hydrogen (secondary N) is 2. The number of nitrogens with zero attached hydrogens (tertiary/aromatic N) is 1. The van der Waals surface area contributed by atoms with Crippen LogP contribution in [0.3, 0.4) is 0 Å². The number of carboxylic acids is 1. The van der Waals surface area contributed by atoms with Gasteiger partial charge in [0.1, 0.15) is 18.4 Å². The van der Waals surface area contributed by atoms with Gasteiger partial charge in [0.25, 0.3) is 0 Å². The molecular formula is C31H36F3N5O5. The molecule has 3 rings (SSSR count). The van der Waals surface area contributed by atoms with Gasteiger partial charge in [-0.2, -0.15) is 13.2 Å². The number of aliphatic carboxylic acids is 1. The normalized spacial score (nSPS) is 11.3. The number of carbonyl (C=O) groups excluding carboxylic acids is 2. The van der Waals surface area contributed by atoms with Crippen molar-refractivity contribution in [2.45, 2.75) is 58.0 Å². The first kappa shape index (κ1) is 35.1. The van der Waals surface area contributed by atoms with E-state index in [4.69, 9.17) is 26.1 Å². The van der Waals surface area contributed by atoms with Crippen LogP contribution in [0.5, 0.6) is 5.75 Å². The first-order valence-corrected chi connectivity index (χ1v) is 13.7. The number of unbranched alkanes of at least 4 members (excludes halogenated alkanes) is 2. The smallest absolute Gasteiger partial charge is 0.489 e. The van der Waals surface area contributed by atoms with E-state index >= 15 is 0 Å². The first-order chi connectivity index (χ1) is 20.9.